The van der Waals surface area contributed by atoms with Crippen LogP contribution in [0.5, 0.6) is 0 Å². The number of hydrogen-bond donors (Lipinski definition) is 1. The van der Waals surface area contributed by atoms with E-state index < -0.39 is 11.4 Å². The highest BCUT2D eigenvalue weighted by Crippen LogP contribution is 2.49. The molecule has 1 aliphatic carbocycles. The Bertz CT molecular complexity index is 1220. The molecule has 154 valence electrons. The van der Waals surface area contributed by atoms with Gasteiger partial charge in [0.05, 0.1) is 29.7 Å². The lowest BCUT2D eigenvalue weighted by Gasteiger charge is -2.32. The molecule has 2 aromatic heterocycles. The molecule has 7 heteroatoms. The van der Waals surface area contributed by atoms with Crippen molar-refractivity contribution in [3.63, 3.8) is 0 Å². The van der Waals surface area contributed by atoms with Gasteiger partial charge in [0.2, 0.25) is 0 Å². The van der Waals surface area contributed by atoms with Crippen LogP contribution in [0, 0.1) is 11.7 Å². The molecule has 1 saturated carbocycles. The van der Waals surface area contributed by atoms with Gasteiger partial charge in [0.1, 0.15) is 11.4 Å². The average molecular weight is 407 g/mol. The Balaban J connectivity index is 1.81. The highest BCUT2D eigenvalue weighted by Gasteiger charge is 2.37. The number of fused-ring (bicyclic) bond motifs is 3. The number of hydrogen-bond acceptors (Lipinski definition) is 3. The van der Waals surface area contributed by atoms with Crippen LogP contribution in [0.2, 0.25) is 0 Å². The largest absolute Gasteiger partial charge is 0.477 e. The van der Waals surface area contributed by atoms with Crippen molar-refractivity contribution in [2.24, 2.45) is 5.92 Å². The maximum Gasteiger partial charge on any atom is 0.341 e. The molecule has 0 bridgehead atoms. The summed E-state index contributed by atoms with van der Waals surface area (Å²) >= 11 is 0. The van der Waals surface area contributed by atoms with Crippen LogP contribution in [0.4, 0.5) is 4.39 Å². The van der Waals surface area contributed by atoms with E-state index in [1.165, 1.54) is 24.4 Å². The summed E-state index contributed by atoms with van der Waals surface area (Å²) in [6.45, 7) is 4.73. The van der Waals surface area contributed by atoms with Gasteiger partial charge >= 0.3 is 5.97 Å². The number of benzene rings is 1. The molecule has 0 unspecified atom stereocenters. The summed E-state index contributed by atoms with van der Waals surface area (Å²) in [5, 5.41) is 14.4. The molecule has 2 aliphatic rings. The zero-order valence-corrected chi connectivity index (χ0v) is 16.8. The summed E-state index contributed by atoms with van der Waals surface area (Å²) in [6, 6.07) is 7.71. The van der Waals surface area contributed by atoms with Crippen LogP contribution in [-0.4, -0.2) is 25.4 Å². The van der Waals surface area contributed by atoms with Crippen molar-refractivity contribution in [2.75, 3.05) is 0 Å². The molecular weight excluding hydrogens is 385 g/mol. The number of rotatable bonds is 4. The Labute approximate surface area is 172 Å². The number of pyridine rings is 1. The number of carbonyl (C=O) groups is 1. The standard InChI is InChI=1S/C23H22FN3O3/c1-12(2)18-11-27-22(17-9-19(28)16(23(29)30)10-26(17)18)20(21(25-27)14-3-4-14)13-5-7-15(24)8-6-13/h5-10,12,14,18H,3-4,11H2,1-2H3,(H,29,30)/t18-/m0/s1. The van der Waals surface area contributed by atoms with Gasteiger partial charge in [-0.3, -0.25) is 9.48 Å². The average Bonchev–Trinajstić information content (AvgIpc) is 3.47. The zero-order chi connectivity index (χ0) is 21.2. The van der Waals surface area contributed by atoms with Crippen molar-refractivity contribution >= 4 is 5.97 Å². The molecule has 1 aliphatic heterocycles. The molecule has 0 saturated heterocycles. The van der Waals surface area contributed by atoms with Crippen LogP contribution < -0.4 is 5.43 Å². The maximum atomic E-state index is 13.6. The van der Waals surface area contributed by atoms with E-state index in [9.17, 15) is 19.1 Å². The van der Waals surface area contributed by atoms with E-state index in [0.29, 0.717) is 18.2 Å². The third-order valence-corrected chi connectivity index (χ3v) is 6.12. The SMILES string of the molecule is CC(C)[C@@H]1Cn2nc(C3CC3)c(-c3ccc(F)cc3)c2-c2cc(=O)c(C(=O)O)cn21. The number of carboxylic acids is 1. The maximum absolute atomic E-state index is 13.6. The van der Waals surface area contributed by atoms with E-state index >= 15 is 0 Å². The molecule has 0 spiro atoms. The molecule has 1 atom stereocenters. The van der Waals surface area contributed by atoms with Crippen molar-refractivity contribution in [3.05, 3.63) is 63.8 Å². The van der Waals surface area contributed by atoms with E-state index in [0.717, 1.165) is 35.4 Å². The second kappa shape index (κ2) is 6.65. The van der Waals surface area contributed by atoms with E-state index in [-0.39, 0.29) is 23.3 Å². The molecule has 0 amide bonds. The van der Waals surface area contributed by atoms with Gasteiger partial charge in [0, 0.05) is 23.7 Å². The summed E-state index contributed by atoms with van der Waals surface area (Å²) in [5.74, 6) is -0.965. The summed E-state index contributed by atoms with van der Waals surface area (Å²) in [5.41, 5.74) is 3.44. The Morgan fingerprint density at radius 3 is 2.53 bits per heavy atom. The number of carboxylic acid groups (broad SMARTS) is 1. The monoisotopic (exact) mass is 407 g/mol. The second-order valence-corrected chi connectivity index (χ2v) is 8.53. The van der Waals surface area contributed by atoms with Gasteiger partial charge in [0.15, 0.2) is 5.43 Å². The molecule has 1 fully saturated rings. The topological polar surface area (TPSA) is 77.1 Å². The third-order valence-electron chi connectivity index (χ3n) is 6.12. The van der Waals surface area contributed by atoms with Gasteiger partial charge in [-0.15, -0.1) is 0 Å². The molecule has 3 heterocycles. The Morgan fingerprint density at radius 1 is 1.23 bits per heavy atom. The molecule has 5 rings (SSSR count). The molecule has 30 heavy (non-hydrogen) atoms. The number of halogens is 1. The van der Waals surface area contributed by atoms with Crippen LogP contribution >= 0.6 is 0 Å². The van der Waals surface area contributed by atoms with E-state index in [1.54, 1.807) is 12.1 Å². The molecule has 1 N–H and O–H groups in total. The van der Waals surface area contributed by atoms with Crippen molar-refractivity contribution in [2.45, 2.75) is 45.2 Å². The van der Waals surface area contributed by atoms with Gasteiger partial charge in [-0.25, -0.2) is 9.18 Å². The fourth-order valence-electron chi connectivity index (χ4n) is 4.39. The quantitative estimate of drug-likeness (QED) is 0.699. The molecule has 3 aromatic rings. The first-order chi connectivity index (χ1) is 14.3. The second-order valence-electron chi connectivity index (χ2n) is 8.53. The number of aromatic carboxylic acids is 1. The van der Waals surface area contributed by atoms with E-state index in [4.69, 9.17) is 5.10 Å². The fourth-order valence-corrected chi connectivity index (χ4v) is 4.39. The van der Waals surface area contributed by atoms with E-state index in [2.05, 4.69) is 13.8 Å². The smallest absolute Gasteiger partial charge is 0.341 e. The van der Waals surface area contributed by atoms with Gasteiger partial charge in [0.25, 0.3) is 0 Å². The predicted molar refractivity (Wildman–Crippen MR) is 110 cm³/mol. The molecule has 6 nitrogen and oxygen atoms in total. The first kappa shape index (κ1) is 18.8. The Hall–Kier alpha value is -3.22. The van der Waals surface area contributed by atoms with Crippen molar-refractivity contribution in [3.8, 4) is 22.5 Å². The van der Waals surface area contributed by atoms with Crippen LogP contribution in [0.3, 0.4) is 0 Å². The predicted octanol–water partition coefficient (Wildman–Crippen LogP) is 4.30. The summed E-state index contributed by atoms with van der Waals surface area (Å²) in [4.78, 5) is 24.2. The van der Waals surface area contributed by atoms with Crippen LogP contribution in [0.15, 0.2) is 41.3 Å². The van der Waals surface area contributed by atoms with Gasteiger partial charge in [-0.2, -0.15) is 5.10 Å². The summed E-state index contributed by atoms with van der Waals surface area (Å²) in [6.07, 6.45) is 3.58. The van der Waals surface area contributed by atoms with Crippen molar-refractivity contribution in [1.29, 1.82) is 0 Å². The van der Waals surface area contributed by atoms with Crippen LogP contribution in [0.25, 0.3) is 22.5 Å². The first-order valence-corrected chi connectivity index (χ1v) is 10.2. The summed E-state index contributed by atoms with van der Waals surface area (Å²) < 4.78 is 17.4. The van der Waals surface area contributed by atoms with Crippen molar-refractivity contribution in [1.82, 2.24) is 14.3 Å². The van der Waals surface area contributed by atoms with Gasteiger partial charge in [-0.1, -0.05) is 26.0 Å². The normalized spacial score (nSPS) is 17.7. The Kier molecular flexibility index (Phi) is 4.17. The lowest BCUT2D eigenvalue weighted by Crippen LogP contribution is -2.31. The zero-order valence-electron chi connectivity index (χ0n) is 16.8. The number of nitrogens with zero attached hydrogens (tertiary/aromatic N) is 3. The molecule has 1 aromatic carbocycles. The highest BCUT2D eigenvalue weighted by atomic mass is 19.1. The Morgan fingerprint density at radius 2 is 1.93 bits per heavy atom. The molecule has 0 radical (unpaired) electrons. The number of aromatic nitrogens is 3. The molecular formula is C23H22FN3O3. The van der Waals surface area contributed by atoms with Crippen LogP contribution in [-0.2, 0) is 6.54 Å². The lowest BCUT2D eigenvalue weighted by atomic mass is 9.95. The minimum Gasteiger partial charge on any atom is -0.477 e. The third kappa shape index (κ3) is 2.88. The lowest BCUT2D eigenvalue weighted by molar-refractivity contribution is 0.0694. The van der Waals surface area contributed by atoms with Gasteiger partial charge in [-0.05, 0) is 36.5 Å². The minimum absolute atomic E-state index is 0.0285. The van der Waals surface area contributed by atoms with Crippen LogP contribution in [0.1, 0.15) is 54.7 Å². The highest BCUT2D eigenvalue weighted by molar-refractivity contribution is 5.88. The van der Waals surface area contributed by atoms with E-state index in [1.807, 2.05) is 9.25 Å². The van der Waals surface area contributed by atoms with Crippen molar-refractivity contribution < 1.29 is 14.3 Å². The van der Waals surface area contributed by atoms with Gasteiger partial charge < -0.3 is 9.67 Å². The minimum atomic E-state index is -1.23. The first-order valence-electron chi connectivity index (χ1n) is 10.2. The summed E-state index contributed by atoms with van der Waals surface area (Å²) in [7, 11) is 0. The fraction of sp³-hybridized carbons (Fsp3) is 0.348.